The van der Waals surface area contributed by atoms with E-state index in [1.807, 2.05) is 6.92 Å². The van der Waals surface area contributed by atoms with Crippen LogP contribution in [0.5, 0.6) is 0 Å². The molecule has 21 heavy (non-hydrogen) atoms. The number of carbonyl (C=O) groups excluding carboxylic acids is 1. The number of piperazine rings is 1. The lowest BCUT2D eigenvalue weighted by Crippen LogP contribution is -2.58. The largest absolute Gasteiger partial charge is 0.465 e. The van der Waals surface area contributed by atoms with Gasteiger partial charge in [-0.25, -0.2) is 0 Å². The van der Waals surface area contributed by atoms with Crippen molar-refractivity contribution < 1.29 is 9.53 Å². The smallest absolute Gasteiger partial charge is 0.324 e. The minimum absolute atomic E-state index is 0.118. The lowest BCUT2D eigenvalue weighted by Gasteiger charge is -2.38. The Labute approximate surface area is 135 Å². The molecule has 1 fully saturated rings. The molecule has 1 N–H and O–H groups in total. The fraction of sp³-hybridized carbons (Fsp3) is 0.562. The summed E-state index contributed by atoms with van der Waals surface area (Å²) in [5, 5.41) is 3.28. The molecule has 2 rings (SSSR count). The Morgan fingerprint density at radius 3 is 2.86 bits per heavy atom. The topological polar surface area (TPSA) is 41.6 Å². The van der Waals surface area contributed by atoms with Crippen molar-refractivity contribution in [2.45, 2.75) is 32.4 Å². The van der Waals surface area contributed by atoms with Gasteiger partial charge in [-0.1, -0.05) is 28.1 Å². The number of ether oxygens (including phenoxy) is 1. The van der Waals surface area contributed by atoms with Crippen molar-refractivity contribution in [2.24, 2.45) is 0 Å². The normalized spacial score (nSPS) is 21.0. The van der Waals surface area contributed by atoms with Gasteiger partial charge in [0, 0.05) is 30.1 Å². The third kappa shape index (κ3) is 4.53. The highest BCUT2D eigenvalue weighted by atomic mass is 79.9. The van der Waals surface area contributed by atoms with Crippen molar-refractivity contribution >= 4 is 21.9 Å². The number of carbonyl (C=O) groups is 1. The number of esters is 1. The summed E-state index contributed by atoms with van der Waals surface area (Å²) >= 11 is 3.45. The first kappa shape index (κ1) is 16.5. The van der Waals surface area contributed by atoms with Gasteiger partial charge in [0.2, 0.25) is 0 Å². The molecule has 0 saturated carbocycles. The second-order valence-electron chi connectivity index (χ2n) is 5.39. The number of hydrogen-bond donors (Lipinski definition) is 1. The Morgan fingerprint density at radius 1 is 1.48 bits per heavy atom. The molecule has 0 radical (unpaired) electrons. The van der Waals surface area contributed by atoms with Crippen molar-refractivity contribution in [2.75, 3.05) is 26.2 Å². The minimum atomic E-state index is -0.177. The maximum Gasteiger partial charge on any atom is 0.324 e. The number of hydrogen-bond acceptors (Lipinski definition) is 4. The summed E-state index contributed by atoms with van der Waals surface area (Å²) in [4.78, 5) is 14.4. The van der Waals surface area contributed by atoms with Gasteiger partial charge in [0.25, 0.3) is 0 Å². The van der Waals surface area contributed by atoms with Crippen LogP contribution < -0.4 is 5.32 Å². The molecule has 4 nitrogen and oxygen atoms in total. The van der Waals surface area contributed by atoms with Gasteiger partial charge in [-0.3, -0.25) is 9.69 Å². The highest BCUT2D eigenvalue weighted by molar-refractivity contribution is 9.10. The molecule has 0 aromatic heterocycles. The molecule has 0 aliphatic carbocycles. The Kier molecular flexibility index (Phi) is 6.21. The molecular formula is C16H23BrN2O2. The van der Waals surface area contributed by atoms with Gasteiger partial charge in [0.05, 0.1) is 6.61 Å². The zero-order valence-corrected chi connectivity index (χ0v) is 14.2. The molecule has 1 aliphatic rings. The minimum Gasteiger partial charge on any atom is -0.465 e. The Bertz CT molecular complexity index is 464. The molecule has 0 amide bonds. The van der Waals surface area contributed by atoms with E-state index >= 15 is 0 Å². The molecule has 1 saturated heterocycles. The Morgan fingerprint density at radius 2 is 2.19 bits per heavy atom. The van der Waals surface area contributed by atoms with Crippen molar-refractivity contribution in [3.8, 4) is 0 Å². The first-order valence-electron chi connectivity index (χ1n) is 7.49. The van der Waals surface area contributed by atoms with Gasteiger partial charge in [-0.15, -0.1) is 0 Å². The van der Waals surface area contributed by atoms with E-state index in [2.05, 4.69) is 57.3 Å². The maximum absolute atomic E-state index is 12.1. The summed E-state index contributed by atoms with van der Waals surface area (Å²) in [7, 11) is 0. The van der Waals surface area contributed by atoms with Crippen LogP contribution in [0, 0.1) is 0 Å². The predicted octanol–water partition coefficient (Wildman–Crippen LogP) is 2.22. The van der Waals surface area contributed by atoms with Crippen LogP contribution in [0.3, 0.4) is 0 Å². The molecule has 1 heterocycles. The van der Waals surface area contributed by atoms with E-state index in [1.54, 1.807) is 0 Å². The summed E-state index contributed by atoms with van der Waals surface area (Å²) in [5.41, 5.74) is 1.28. The van der Waals surface area contributed by atoms with Gasteiger partial charge >= 0.3 is 5.97 Å². The van der Waals surface area contributed by atoms with E-state index in [1.165, 1.54) is 5.56 Å². The number of nitrogens with zero attached hydrogens (tertiary/aromatic N) is 1. The number of rotatable bonds is 5. The molecule has 1 aromatic carbocycles. The van der Waals surface area contributed by atoms with Crippen LogP contribution in [0.2, 0.25) is 0 Å². The van der Waals surface area contributed by atoms with Crippen molar-refractivity contribution in [1.82, 2.24) is 10.2 Å². The highest BCUT2D eigenvalue weighted by Gasteiger charge is 2.32. The quantitative estimate of drug-likeness (QED) is 0.823. The monoisotopic (exact) mass is 354 g/mol. The summed E-state index contributed by atoms with van der Waals surface area (Å²) in [6.45, 7) is 6.93. The molecule has 0 spiro atoms. The number of halogens is 1. The third-order valence-corrected chi connectivity index (χ3v) is 4.38. The summed E-state index contributed by atoms with van der Waals surface area (Å²) in [6.07, 6.45) is 0.934. The SMILES string of the molecule is CCOC(=O)C1CNCCN1C(C)Cc1ccc(Br)cc1. The average molecular weight is 355 g/mol. The van der Waals surface area contributed by atoms with Crippen LogP contribution in [0.15, 0.2) is 28.7 Å². The van der Waals surface area contributed by atoms with Gasteiger partial charge < -0.3 is 10.1 Å². The molecule has 2 atom stereocenters. The van der Waals surface area contributed by atoms with Crippen molar-refractivity contribution in [1.29, 1.82) is 0 Å². The van der Waals surface area contributed by atoms with Crippen LogP contribution in [-0.4, -0.2) is 49.2 Å². The molecule has 0 bridgehead atoms. The fourth-order valence-electron chi connectivity index (χ4n) is 2.78. The van der Waals surface area contributed by atoms with Crippen LogP contribution >= 0.6 is 15.9 Å². The van der Waals surface area contributed by atoms with Crippen LogP contribution in [0.4, 0.5) is 0 Å². The van der Waals surface area contributed by atoms with Crippen LogP contribution in [0.1, 0.15) is 19.4 Å². The zero-order chi connectivity index (χ0) is 15.2. The second kappa shape index (κ2) is 7.92. The van der Waals surface area contributed by atoms with E-state index in [9.17, 15) is 4.79 Å². The number of benzene rings is 1. The Balaban J connectivity index is 2.02. The number of nitrogens with one attached hydrogen (secondary N) is 1. The zero-order valence-electron chi connectivity index (χ0n) is 12.6. The Hall–Kier alpha value is -0.910. The van der Waals surface area contributed by atoms with Gasteiger partial charge in [-0.05, 0) is 38.0 Å². The van der Waals surface area contributed by atoms with Gasteiger partial charge in [0.1, 0.15) is 6.04 Å². The van der Waals surface area contributed by atoms with E-state index in [4.69, 9.17) is 4.74 Å². The molecule has 5 heteroatoms. The van der Waals surface area contributed by atoms with E-state index in [0.717, 1.165) is 24.0 Å². The highest BCUT2D eigenvalue weighted by Crippen LogP contribution is 2.17. The van der Waals surface area contributed by atoms with Gasteiger partial charge in [0.15, 0.2) is 0 Å². The van der Waals surface area contributed by atoms with E-state index in [-0.39, 0.29) is 12.0 Å². The van der Waals surface area contributed by atoms with Crippen molar-refractivity contribution in [3.05, 3.63) is 34.3 Å². The lowest BCUT2D eigenvalue weighted by atomic mass is 10.0. The molecule has 116 valence electrons. The van der Waals surface area contributed by atoms with Crippen LogP contribution in [0.25, 0.3) is 0 Å². The molecule has 1 aromatic rings. The second-order valence-corrected chi connectivity index (χ2v) is 6.31. The first-order chi connectivity index (χ1) is 10.1. The third-order valence-electron chi connectivity index (χ3n) is 3.85. The lowest BCUT2D eigenvalue weighted by molar-refractivity contribution is -0.151. The maximum atomic E-state index is 12.1. The predicted molar refractivity (Wildman–Crippen MR) is 87.3 cm³/mol. The van der Waals surface area contributed by atoms with E-state index in [0.29, 0.717) is 19.2 Å². The average Bonchev–Trinajstić information content (AvgIpc) is 2.50. The first-order valence-corrected chi connectivity index (χ1v) is 8.28. The molecule has 1 aliphatic heterocycles. The van der Waals surface area contributed by atoms with E-state index < -0.39 is 0 Å². The van der Waals surface area contributed by atoms with Gasteiger partial charge in [-0.2, -0.15) is 0 Å². The molecular weight excluding hydrogens is 332 g/mol. The fourth-order valence-corrected chi connectivity index (χ4v) is 3.05. The molecule has 2 unspecified atom stereocenters. The van der Waals surface area contributed by atoms with Crippen molar-refractivity contribution in [3.63, 3.8) is 0 Å². The summed E-state index contributed by atoms with van der Waals surface area (Å²) in [5.74, 6) is -0.118. The summed E-state index contributed by atoms with van der Waals surface area (Å²) in [6, 6.07) is 8.50. The standard InChI is InChI=1S/C16H23BrN2O2/c1-3-21-16(20)15-11-18-8-9-19(15)12(2)10-13-4-6-14(17)7-5-13/h4-7,12,15,18H,3,8-11H2,1-2H3. The summed E-state index contributed by atoms with van der Waals surface area (Å²) < 4.78 is 6.29. The van der Waals surface area contributed by atoms with Crippen LogP contribution in [-0.2, 0) is 16.0 Å².